The van der Waals surface area contributed by atoms with Crippen LogP contribution >= 0.6 is 0 Å². The summed E-state index contributed by atoms with van der Waals surface area (Å²) < 4.78 is 15.5. The second kappa shape index (κ2) is 7.50. The van der Waals surface area contributed by atoms with Crippen molar-refractivity contribution in [2.45, 2.75) is 38.5 Å². The largest absolute Gasteiger partial charge is 0.478 e. The van der Waals surface area contributed by atoms with E-state index >= 15 is 0 Å². The van der Waals surface area contributed by atoms with E-state index in [2.05, 4.69) is 0 Å². The molecule has 1 aromatic rings. The van der Waals surface area contributed by atoms with E-state index in [1.807, 2.05) is 13.8 Å². The van der Waals surface area contributed by atoms with Gasteiger partial charge in [-0.05, 0) is 30.0 Å². The van der Waals surface area contributed by atoms with E-state index in [1.54, 1.807) is 18.2 Å². The zero-order chi connectivity index (χ0) is 17.9. The van der Waals surface area contributed by atoms with Gasteiger partial charge >= 0.3 is 11.9 Å². The van der Waals surface area contributed by atoms with Crippen LogP contribution in [0, 0.1) is 5.92 Å². The molecule has 1 aliphatic rings. The smallest absolute Gasteiger partial charge is 0.347 e. The Hall–Kier alpha value is -2.32. The highest BCUT2D eigenvalue weighted by Crippen LogP contribution is 2.34. The minimum Gasteiger partial charge on any atom is -0.478 e. The molecular formula is C16H22N2O6. The molecule has 0 radical (unpaired) electrons. The molecule has 0 aliphatic carbocycles. The Morgan fingerprint density at radius 2 is 1.92 bits per heavy atom. The van der Waals surface area contributed by atoms with E-state index in [0.29, 0.717) is 23.5 Å². The first-order valence-corrected chi connectivity index (χ1v) is 7.63. The van der Waals surface area contributed by atoms with Crippen molar-refractivity contribution >= 4 is 11.9 Å². The van der Waals surface area contributed by atoms with Gasteiger partial charge in [-0.2, -0.15) is 0 Å². The maximum atomic E-state index is 12.0. The Morgan fingerprint density at radius 1 is 1.25 bits per heavy atom. The summed E-state index contributed by atoms with van der Waals surface area (Å²) in [6.07, 6.45) is -1.15. The van der Waals surface area contributed by atoms with Gasteiger partial charge in [-0.1, -0.05) is 19.9 Å². The van der Waals surface area contributed by atoms with Gasteiger partial charge in [0.1, 0.15) is 6.04 Å². The van der Waals surface area contributed by atoms with Gasteiger partial charge in [0, 0.05) is 0 Å². The first-order valence-electron chi connectivity index (χ1n) is 7.63. The summed E-state index contributed by atoms with van der Waals surface area (Å²) in [4.78, 5) is 23.5. The van der Waals surface area contributed by atoms with E-state index in [4.69, 9.17) is 25.7 Å². The fraction of sp³-hybridized carbons (Fsp3) is 0.500. The number of hydrogen-bond donors (Lipinski definition) is 3. The molecule has 0 aromatic heterocycles. The van der Waals surface area contributed by atoms with Gasteiger partial charge in [-0.25, -0.2) is 4.79 Å². The predicted octanol–water partition coefficient (Wildman–Crippen LogP) is 0.785. The van der Waals surface area contributed by atoms with Crippen molar-refractivity contribution in [3.63, 3.8) is 0 Å². The highest BCUT2D eigenvalue weighted by atomic mass is 16.7. The third-order valence-corrected chi connectivity index (χ3v) is 3.62. The van der Waals surface area contributed by atoms with Crippen molar-refractivity contribution in [3.8, 4) is 11.5 Å². The van der Waals surface area contributed by atoms with Crippen LogP contribution in [0.3, 0.4) is 0 Å². The average Bonchev–Trinajstić information content (AvgIpc) is 2.98. The molecule has 0 spiro atoms. The summed E-state index contributed by atoms with van der Waals surface area (Å²) in [5.74, 6) is -0.931. The zero-order valence-electron chi connectivity index (χ0n) is 13.6. The van der Waals surface area contributed by atoms with E-state index in [0.717, 1.165) is 0 Å². The van der Waals surface area contributed by atoms with Crippen molar-refractivity contribution in [1.82, 2.24) is 0 Å². The normalized spacial score (nSPS) is 16.5. The van der Waals surface area contributed by atoms with Gasteiger partial charge in [0.15, 0.2) is 11.5 Å². The van der Waals surface area contributed by atoms with Crippen molar-refractivity contribution in [2.75, 3.05) is 6.79 Å². The molecule has 1 aliphatic heterocycles. The highest BCUT2D eigenvalue weighted by Gasteiger charge is 2.33. The summed E-state index contributed by atoms with van der Waals surface area (Å²) in [6.45, 7) is 3.90. The first-order chi connectivity index (χ1) is 11.3. The number of ether oxygens (including phenoxy) is 3. The van der Waals surface area contributed by atoms with Crippen molar-refractivity contribution in [3.05, 3.63) is 23.8 Å². The number of nitrogens with two attached hydrogens (primary N) is 2. The molecular weight excluding hydrogens is 316 g/mol. The lowest BCUT2D eigenvalue weighted by atomic mass is 10.0. The molecule has 0 fully saturated rings. The monoisotopic (exact) mass is 338 g/mol. The predicted molar refractivity (Wildman–Crippen MR) is 84.4 cm³/mol. The Bertz CT molecular complexity index is 619. The van der Waals surface area contributed by atoms with Crippen LogP contribution < -0.4 is 20.9 Å². The molecule has 3 atom stereocenters. The Labute approximate surface area is 139 Å². The molecule has 132 valence electrons. The number of aliphatic carboxylic acids is 1. The molecule has 3 unspecified atom stereocenters. The molecule has 1 heterocycles. The topological polar surface area (TPSA) is 134 Å². The molecule has 5 N–H and O–H groups in total. The van der Waals surface area contributed by atoms with Crippen LogP contribution in [0.5, 0.6) is 11.5 Å². The third kappa shape index (κ3) is 4.15. The SMILES string of the molecule is CC(C)CC(N)C(=O)OC(C(=O)O)C(N)c1ccc2c(c1)OCO2. The summed E-state index contributed by atoms with van der Waals surface area (Å²) in [5.41, 5.74) is 12.2. The fourth-order valence-electron chi connectivity index (χ4n) is 2.39. The number of carboxylic acids is 1. The standard InChI is InChI=1S/C16H22N2O6/c1-8(2)5-10(17)16(21)24-14(15(19)20)13(18)9-3-4-11-12(6-9)23-7-22-11/h3-4,6,8,10,13-14H,5,7,17-18H2,1-2H3,(H,19,20). The maximum Gasteiger partial charge on any atom is 0.347 e. The molecule has 2 rings (SSSR count). The van der Waals surface area contributed by atoms with Crippen LogP contribution in [0.25, 0.3) is 0 Å². The minimum absolute atomic E-state index is 0.0927. The van der Waals surface area contributed by atoms with Gasteiger partial charge in [-0.15, -0.1) is 0 Å². The number of carbonyl (C=O) groups is 2. The lowest BCUT2D eigenvalue weighted by Gasteiger charge is -2.23. The Balaban J connectivity index is 2.12. The van der Waals surface area contributed by atoms with Crippen molar-refractivity contribution in [2.24, 2.45) is 17.4 Å². The van der Waals surface area contributed by atoms with Crippen LogP contribution in [0.2, 0.25) is 0 Å². The summed E-state index contributed by atoms with van der Waals surface area (Å²) in [5, 5.41) is 9.36. The number of fused-ring (bicyclic) bond motifs is 1. The fourth-order valence-corrected chi connectivity index (χ4v) is 2.39. The summed E-state index contributed by atoms with van der Waals surface area (Å²) in [6, 6.07) is 2.85. The van der Waals surface area contributed by atoms with Gasteiger partial charge in [0.05, 0.1) is 6.04 Å². The Kier molecular flexibility index (Phi) is 5.63. The number of carbonyl (C=O) groups excluding carboxylic acids is 1. The van der Waals surface area contributed by atoms with Gasteiger partial charge < -0.3 is 30.8 Å². The van der Waals surface area contributed by atoms with Crippen LogP contribution in [-0.4, -0.2) is 36.0 Å². The van der Waals surface area contributed by atoms with Crippen molar-refractivity contribution < 1.29 is 28.9 Å². The number of benzene rings is 1. The first kappa shape index (κ1) is 18.0. The quantitative estimate of drug-likeness (QED) is 0.621. The molecule has 8 nitrogen and oxygen atoms in total. The number of carboxylic acid groups (broad SMARTS) is 1. The van der Waals surface area contributed by atoms with E-state index in [9.17, 15) is 14.7 Å². The highest BCUT2D eigenvalue weighted by molar-refractivity contribution is 5.81. The van der Waals surface area contributed by atoms with Crippen LogP contribution in [-0.2, 0) is 14.3 Å². The molecule has 0 saturated heterocycles. The lowest BCUT2D eigenvalue weighted by Crippen LogP contribution is -2.42. The second-order valence-electron chi connectivity index (χ2n) is 6.07. The summed E-state index contributed by atoms with van der Waals surface area (Å²) >= 11 is 0. The molecule has 24 heavy (non-hydrogen) atoms. The van der Waals surface area contributed by atoms with Crippen molar-refractivity contribution in [1.29, 1.82) is 0 Å². The maximum absolute atomic E-state index is 12.0. The molecule has 1 aromatic carbocycles. The molecule has 0 amide bonds. The van der Waals surface area contributed by atoms with Gasteiger partial charge in [0.2, 0.25) is 12.9 Å². The number of esters is 1. The van der Waals surface area contributed by atoms with E-state index in [1.165, 1.54) is 0 Å². The molecule has 0 bridgehead atoms. The Morgan fingerprint density at radius 3 is 2.54 bits per heavy atom. The van der Waals surface area contributed by atoms with Crippen LogP contribution in [0.4, 0.5) is 0 Å². The zero-order valence-corrected chi connectivity index (χ0v) is 13.6. The second-order valence-corrected chi connectivity index (χ2v) is 6.07. The van der Waals surface area contributed by atoms with E-state index < -0.39 is 30.1 Å². The summed E-state index contributed by atoms with van der Waals surface area (Å²) in [7, 11) is 0. The van der Waals surface area contributed by atoms with Gasteiger partial charge in [0.25, 0.3) is 0 Å². The third-order valence-electron chi connectivity index (χ3n) is 3.62. The van der Waals surface area contributed by atoms with Crippen LogP contribution in [0.15, 0.2) is 18.2 Å². The van der Waals surface area contributed by atoms with E-state index in [-0.39, 0.29) is 12.7 Å². The van der Waals surface area contributed by atoms with Gasteiger partial charge in [-0.3, -0.25) is 4.79 Å². The van der Waals surface area contributed by atoms with Crippen LogP contribution in [0.1, 0.15) is 31.9 Å². The lowest BCUT2D eigenvalue weighted by molar-refractivity contribution is -0.166. The number of hydrogen-bond acceptors (Lipinski definition) is 7. The molecule has 8 heteroatoms. The average molecular weight is 338 g/mol. The number of rotatable bonds is 7. The minimum atomic E-state index is -1.55. The molecule has 0 saturated carbocycles.